The van der Waals surface area contributed by atoms with Crippen molar-refractivity contribution in [3.63, 3.8) is 0 Å². The molecule has 0 radical (unpaired) electrons. The third-order valence-electron chi connectivity index (χ3n) is 2.67. The zero-order valence-corrected chi connectivity index (χ0v) is 9.91. The van der Waals surface area contributed by atoms with E-state index in [4.69, 9.17) is 9.63 Å². The molecule has 0 aromatic carbocycles. The summed E-state index contributed by atoms with van der Waals surface area (Å²) in [6.45, 7) is 3.14. The van der Waals surface area contributed by atoms with E-state index in [-0.39, 0.29) is 16.7 Å². The Kier molecular flexibility index (Phi) is 2.77. The molecule has 1 aromatic rings. The van der Waals surface area contributed by atoms with Gasteiger partial charge in [-0.25, -0.2) is 13.1 Å². The second-order valence-corrected chi connectivity index (χ2v) is 5.75. The number of hydrogen-bond donors (Lipinski definition) is 2. The van der Waals surface area contributed by atoms with Crippen molar-refractivity contribution < 1.29 is 18.0 Å². The summed E-state index contributed by atoms with van der Waals surface area (Å²) in [5, 5.41) is 12.7. The maximum atomic E-state index is 12.0. The van der Waals surface area contributed by atoms with Crippen molar-refractivity contribution in [2.24, 2.45) is 0 Å². The van der Waals surface area contributed by atoms with Crippen LogP contribution in [0.1, 0.15) is 24.3 Å². The first kappa shape index (κ1) is 11.6. The zero-order valence-electron chi connectivity index (χ0n) is 9.10. The number of rotatable bonds is 3. The molecule has 1 fully saturated rings. The molecule has 0 atom stereocenters. The van der Waals surface area contributed by atoms with Crippen LogP contribution in [0.15, 0.2) is 9.42 Å². The van der Waals surface area contributed by atoms with Gasteiger partial charge in [-0.2, -0.15) is 0 Å². The summed E-state index contributed by atoms with van der Waals surface area (Å²) in [4.78, 5) is 0.105. The summed E-state index contributed by atoms with van der Waals surface area (Å²) in [6.07, 6.45) is 0.531. The minimum atomic E-state index is -3.58. The van der Waals surface area contributed by atoms with Crippen molar-refractivity contribution in [3.8, 4) is 0 Å². The molecule has 0 unspecified atom stereocenters. The van der Waals surface area contributed by atoms with Crippen molar-refractivity contribution in [1.29, 1.82) is 0 Å². The molecule has 1 aliphatic carbocycles. The molecule has 1 aliphatic rings. The van der Waals surface area contributed by atoms with Gasteiger partial charge in [0.05, 0.1) is 6.10 Å². The average molecular weight is 246 g/mol. The Morgan fingerprint density at radius 3 is 2.50 bits per heavy atom. The fraction of sp³-hybridized carbons (Fsp3) is 0.667. The van der Waals surface area contributed by atoms with Crippen LogP contribution in [0.5, 0.6) is 0 Å². The minimum absolute atomic E-state index is 0.105. The van der Waals surface area contributed by atoms with Crippen molar-refractivity contribution in [1.82, 2.24) is 9.88 Å². The Morgan fingerprint density at radius 1 is 1.44 bits per heavy atom. The van der Waals surface area contributed by atoms with E-state index in [0.29, 0.717) is 18.5 Å². The van der Waals surface area contributed by atoms with E-state index in [0.717, 1.165) is 0 Å². The van der Waals surface area contributed by atoms with Gasteiger partial charge in [-0.15, -0.1) is 0 Å². The summed E-state index contributed by atoms with van der Waals surface area (Å²) in [6, 6.07) is -0.186. The van der Waals surface area contributed by atoms with Crippen LogP contribution in [0.4, 0.5) is 0 Å². The summed E-state index contributed by atoms with van der Waals surface area (Å²) >= 11 is 0. The lowest BCUT2D eigenvalue weighted by molar-refractivity contribution is 0.0712. The monoisotopic (exact) mass is 246 g/mol. The molecule has 0 amide bonds. The number of nitrogens with zero attached hydrogens (tertiary/aromatic N) is 1. The predicted octanol–water partition coefficient (Wildman–Crippen LogP) is 0.0930. The number of aliphatic hydroxyl groups excluding tert-OH is 1. The van der Waals surface area contributed by atoms with Gasteiger partial charge in [-0.05, 0) is 26.7 Å². The van der Waals surface area contributed by atoms with Crippen LogP contribution in [0.25, 0.3) is 0 Å². The zero-order chi connectivity index (χ0) is 11.9. The van der Waals surface area contributed by atoms with Gasteiger partial charge in [0.1, 0.15) is 10.6 Å². The fourth-order valence-electron chi connectivity index (χ4n) is 1.82. The SMILES string of the molecule is Cc1noc(C)c1S(=O)(=O)NC1CC(O)C1. The Labute approximate surface area is 93.7 Å². The van der Waals surface area contributed by atoms with Gasteiger partial charge < -0.3 is 9.63 Å². The fourth-order valence-corrected chi connectivity index (χ4v) is 3.41. The molecule has 0 spiro atoms. The highest BCUT2D eigenvalue weighted by molar-refractivity contribution is 7.89. The lowest BCUT2D eigenvalue weighted by atomic mass is 9.91. The Morgan fingerprint density at radius 2 is 2.06 bits per heavy atom. The molecule has 0 aliphatic heterocycles. The van der Waals surface area contributed by atoms with Crippen LogP contribution < -0.4 is 4.72 Å². The summed E-state index contributed by atoms with van der Waals surface area (Å²) in [7, 11) is -3.58. The van der Waals surface area contributed by atoms with Crippen molar-refractivity contribution in [2.75, 3.05) is 0 Å². The molecule has 16 heavy (non-hydrogen) atoms. The van der Waals surface area contributed by atoms with E-state index in [1.807, 2.05) is 0 Å². The number of hydrogen-bond acceptors (Lipinski definition) is 5. The second kappa shape index (κ2) is 3.83. The van der Waals surface area contributed by atoms with Gasteiger partial charge in [0.25, 0.3) is 0 Å². The maximum absolute atomic E-state index is 12.0. The number of aromatic nitrogens is 1. The highest BCUT2D eigenvalue weighted by atomic mass is 32.2. The highest BCUT2D eigenvalue weighted by Crippen LogP contribution is 2.24. The molecule has 90 valence electrons. The van der Waals surface area contributed by atoms with E-state index >= 15 is 0 Å². The van der Waals surface area contributed by atoms with Gasteiger partial charge in [-0.3, -0.25) is 0 Å². The molecule has 0 saturated heterocycles. The first-order valence-corrected chi connectivity index (χ1v) is 6.51. The van der Waals surface area contributed by atoms with Gasteiger partial charge >= 0.3 is 0 Å². The van der Waals surface area contributed by atoms with Crippen molar-refractivity contribution in [3.05, 3.63) is 11.5 Å². The van der Waals surface area contributed by atoms with Gasteiger partial charge in [0, 0.05) is 6.04 Å². The van der Waals surface area contributed by atoms with Gasteiger partial charge in [-0.1, -0.05) is 5.16 Å². The molecule has 0 bridgehead atoms. The molecule has 6 nitrogen and oxygen atoms in total. The Balaban J connectivity index is 2.19. The number of aryl methyl sites for hydroxylation is 2. The standard InChI is InChI=1S/C9H14N2O4S/c1-5-9(6(2)15-10-5)16(13,14)11-7-3-8(12)4-7/h7-8,11-12H,3-4H2,1-2H3. The van der Waals surface area contributed by atoms with Crippen LogP contribution in [0.3, 0.4) is 0 Å². The van der Waals surface area contributed by atoms with Crippen molar-refractivity contribution >= 4 is 10.0 Å². The number of nitrogens with one attached hydrogen (secondary N) is 1. The number of aliphatic hydroxyl groups is 1. The molecule has 7 heteroatoms. The van der Waals surface area contributed by atoms with Crippen LogP contribution in [-0.2, 0) is 10.0 Å². The van der Waals surface area contributed by atoms with E-state index in [1.165, 1.54) is 0 Å². The average Bonchev–Trinajstić information content (AvgIpc) is 2.43. The third kappa shape index (κ3) is 1.98. The van der Waals surface area contributed by atoms with Gasteiger partial charge in [0.15, 0.2) is 5.76 Å². The lowest BCUT2D eigenvalue weighted by Gasteiger charge is -2.31. The Bertz CT molecular complexity index is 468. The molecule has 2 rings (SSSR count). The van der Waals surface area contributed by atoms with E-state index < -0.39 is 16.1 Å². The first-order chi connectivity index (χ1) is 7.40. The molecule has 1 saturated carbocycles. The molecule has 1 heterocycles. The molecular weight excluding hydrogens is 232 g/mol. The van der Waals surface area contributed by atoms with Crippen molar-refractivity contribution in [2.45, 2.75) is 43.7 Å². The largest absolute Gasteiger partial charge is 0.393 e. The predicted molar refractivity (Wildman–Crippen MR) is 55.3 cm³/mol. The summed E-state index contributed by atoms with van der Waals surface area (Å²) < 4.78 is 31.2. The molecule has 1 aromatic heterocycles. The smallest absolute Gasteiger partial charge is 0.246 e. The first-order valence-electron chi connectivity index (χ1n) is 5.03. The maximum Gasteiger partial charge on any atom is 0.246 e. The van der Waals surface area contributed by atoms with E-state index in [2.05, 4.69) is 9.88 Å². The highest BCUT2D eigenvalue weighted by Gasteiger charge is 2.33. The third-order valence-corrected chi connectivity index (χ3v) is 4.44. The van der Waals surface area contributed by atoms with Crippen LogP contribution in [0.2, 0.25) is 0 Å². The molecular formula is C9H14N2O4S. The summed E-state index contributed by atoms with van der Waals surface area (Å²) in [5.74, 6) is 0.282. The number of sulfonamides is 1. The van der Waals surface area contributed by atoms with Crippen LogP contribution in [-0.4, -0.2) is 30.8 Å². The second-order valence-electron chi connectivity index (χ2n) is 4.10. The van der Waals surface area contributed by atoms with Crippen LogP contribution >= 0.6 is 0 Å². The quantitative estimate of drug-likeness (QED) is 0.788. The van der Waals surface area contributed by atoms with Gasteiger partial charge in [0.2, 0.25) is 10.0 Å². The van der Waals surface area contributed by atoms with Crippen LogP contribution in [0, 0.1) is 13.8 Å². The lowest BCUT2D eigenvalue weighted by Crippen LogP contribution is -2.46. The minimum Gasteiger partial charge on any atom is -0.393 e. The van der Waals surface area contributed by atoms with E-state index in [9.17, 15) is 8.42 Å². The topological polar surface area (TPSA) is 92.4 Å². The Hall–Kier alpha value is -0.920. The normalized spacial score (nSPS) is 25.4. The molecule has 2 N–H and O–H groups in total. The summed E-state index contributed by atoms with van der Waals surface area (Å²) in [5.41, 5.74) is 0.352. The van der Waals surface area contributed by atoms with E-state index in [1.54, 1.807) is 13.8 Å².